The molecule has 0 fully saturated rings. The monoisotopic (exact) mass is 249 g/mol. The second-order valence-electron chi connectivity index (χ2n) is 4.35. The highest BCUT2D eigenvalue weighted by atomic mass is 16.5. The van der Waals surface area contributed by atoms with Crippen molar-refractivity contribution in [1.29, 1.82) is 0 Å². The van der Waals surface area contributed by atoms with E-state index in [-0.39, 0.29) is 5.91 Å². The Bertz CT molecular complexity index is 434. The minimum Gasteiger partial charge on any atom is -0.467 e. The lowest BCUT2D eigenvalue weighted by atomic mass is 9.96. The van der Waals surface area contributed by atoms with Gasteiger partial charge < -0.3 is 10.1 Å². The normalized spacial score (nSPS) is 11.8. The van der Waals surface area contributed by atoms with Gasteiger partial charge in [-0.2, -0.15) is 0 Å². The van der Waals surface area contributed by atoms with Crippen molar-refractivity contribution in [1.82, 2.24) is 5.32 Å². The van der Waals surface area contributed by atoms with Gasteiger partial charge in [-0.1, -0.05) is 18.2 Å². The van der Waals surface area contributed by atoms with Crippen molar-refractivity contribution < 1.29 is 14.3 Å². The molecule has 0 unspecified atom stereocenters. The van der Waals surface area contributed by atoms with Gasteiger partial charge in [-0.05, 0) is 30.5 Å². The van der Waals surface area contributed by atoms with E-state index in [2.05, 4.69) is 5.32 Å². The van der Waals surface area contributed by atoms with E-state index >= 15 is 0 Å². The Morgan fingerprint density at radius 2 is 1.83 bits per heavy atom. The SMILES string of the molecule is COC(=O)[C@H](Cc1c(C)cccc1C)NC(C)=O. The fraction of sp³-hybridized carbons (Fsp3) is 0.429. The Morgan fingerprint density at radius 3 is 2.28 bits per heavy atom. The lowest BCUT2D eigenvalue weighted by Crippen LogP contribution is -2.42. The number of esters is 1. The van der Waals surface area contributed by atoms with E-state index in [0.717, 1.165) is 16.7 Å². The first-order valence-corrected chi connectivity index (χ1v) is 5.85. The number of nitrogens with one attached hydrogen (secondary N) is 1. The maximum Gasteiger partial charge on any atom is 0.328 e. The predicted octanol–water partition coefficient (Wildman–Crippen LogP) is 1.52. The Labute approximate surface area is 107 Å². The molecule has 0 aliphatic heterocycles. The molecule has 0 aliphatic carbocycles. The summed E-state index contributed by atoms with van der Waals surface area (Å²) in [5.74, 6) is -0.663. The summed E-state index contributed by atoms with van der Waals surface area (Å²) in [5, 5.41) is 2.62. The third-order valence-corrected chi connectivity index (χ3v) is 2.92. The van der Waals surface area contributed by atoms with Crippen LogP contribution < -0.4 is 5.32 Å². The molecule has 1 N–H and O–H groups in total. The summed E-state index contributed by atoms with van der Waals surface area (Å²) >= 11 is 0. The number of aryl methyl sites for hydroxylation is 2. The third kappa shape index (κ3) is 3.58. The lowest BCUT2D eigenvalue weighted by Gasteiger charge is -2.18. The highest BCUT2D eigenvalue weighted by molar-refractivity contribution is 5.83. The highest BCUT2D eigenvalue weighted by Crippen LogP contribution is 2.15. The summed E-state index contributed by atoms with van der Waals surface area (Å²) in [5.41, 5.74) is 3.28. The average molecular weight is 249 g/mol. The van der Waals surface area contributed by atoms with E-state index in [9.17, 15) is 9.59 Å². The third-order valence-electron chi connectivity index (χ3n) is 2.92. The summed E-state index contributed by atoms with van der Waals surface area (Å²) in [6, 6.07) is 5.32. The zero-order chi connectivity index (χ0) is 13.7. The minimum atomic E-state index is -0.632. The van der Waals surface area contributed by atoms with Gasteiger partial charge in [0.15, 0.2) is 0 Å². The molecule has 0 spiro atoms. The second-order valence-corrected chi connectivity index (χ2v) is 4.35. The van der Waals surface area contributed by atoms with Crippen LogP contribution in [0.15, 0.2) is 18.2 Å². The van der Waals surface area contributed by atoms with Crippen LogP contribution in [-0.4, -0.2) is 25.0 Å². The fourth-order valence-electron chi connectivity index (χ4n) is 1.96. The van der Waals surface area contributed by atoms with Crippen molar-refractivity contribution in [3.05, 3.63) is 34.9 Å². The molecule has 1 aromatic rings. The van der Waals surface area contributed by atoms with Gasteiger partial charge in [-0.25, -0.2) is 4.79 Å². The van der Waals surface area contributed by atoms with E-state index in [0.29, 0.717) is 6.42 Å². The molecule has 4 nitrogen and oxygen atoms in total. The molecule has 1 amide bonds. The lowest BCUT2D eigenvalue weighted by molar-refractivity contribution is -0.144. The molecule has 0 aliphatic rings. The Hall–Kier alpha value is -1.84. The van der Waals surface area contributed by atoms with Crippen LogP contribution in [0.5, 0.6) is 0 Å². The zero-order valence-corrected chi connectivity index (χ0v) is 11.2. The van der Waals surface area contributed by atoms with Gasteiger partial charge in [0.05, 0.1) is 7.11 Å². The summed E-state index contributed by atoms with van der Waals surface area (Å²) in [6.45, 7) is 5.37. The predicted molar refractivity (Wildman–Crippen MR) is 69.2 cm³/mol. The van der Waals surface area contributed by atoms with Crippen LogP contribution in [0.2, 0.25) is 0 Å². The van der Waals surface area contributed by atoms with Crippen LogP contribution in [0.1, 0.15) is 23.6 Å². The first kappa shape index (κ1) is 14.2. The number of ether oxygens (including phenoxy) is 1. The van der Waals surface area contributed by atoms with Crippen molar-refractivity contribution >= 4 is 11.9 Å². The molecule has 0 radical (unpaired) electrons. The maximum atomic E-state index is 11.6. The maximum absolute atomic E-state index is 11.6. The van der Waals surface area contributed by atoms with Gasteiger partial charge in [-0.3, -0.25) is 4.79 Å². The molecule has 0 bridgehead atoms. The molecule has 0 heterocycles. The number of hydrogen-bond acceptors (Lipinski definition) is 3. The van der Waals surface area contributed by atoms with Gasteiger partial charge in [0.2, 0.25) is 5.91 Å². The number of benzene rings is 1. The second kappa shape index (κ2) is 6.19. The zero-order valence-electron chi connectivity index (χ0n) is 11.2. The number of carbonyl (C=O) groups is 2. The molecule has 1 aromatic carbocycles. The van der Waals surface area contributed by atoms with Crippen molar-refractivity contribution in [3.63, 3.8) is 0 Å². The molecule has 1 atom stereocenters. The van der Waals surface area contributed by atoms with Crippen LogP contribution in [0, 0.1) is 13.8 Å². The molecule has 1 rings (SSSR count). The summed E-state index contributed by atoms with van der Waals surface area (Å²) < 4.78 is 4.71. The van der Waals surface area contributed by atoms with Crippen molar-refractivity contribution in [2.45, 2.75) is 33.2 Å². The molecule has 0 aromatic heterocycles. The van der Waals surface area contributed by atoms with Crippen LogP contribution in [-0.2, 0) is 20.7 Å². The van der Waals surface area contributed by atoms with Gasteiger partial charge in [-0.15, -0.1) is 0 Å². The van der Waals surface area contributed by atoms with Crippen molar-refractivity contribution in [3.8, 4) is 0 Å². The molecular formula is C14H19NO3. The van der Waals surface area contributed by atoms with Crippen LogP contribution in [0.3, 0.4) is 0 Å². The number of hydrogen-bond donors (Lipinski definition) is 1. The molecule has 4 heteroatoms. The van der Waals surface area contributed by atoms with Gasteiger partial charge in [0, 0.05) is 13.3 Å². The van der Waals surface area contributed by atoms with Gasteiger partial charge >= 0.3 is 5.97 Å². The summed E-state index contributed by atoms with van der Waals surface area (Å²) in [4.78, 5) is 22.8. The Kier molecular flexibility index (Phi) is 4.89. The van der Waals surface area contributed by atoms with Crippen molar-refractivity contribution in [2.75, 3.05) is 7.11 Å². The largest absolute Gasteiger partial charge is 0.467 e. The Morgan fingerprint density at radius 1 is 1.28 bits per heavy atom. The Balaban J connectivity index is 2.95. The highest BCUT2D eigenvalue weighted by Gasteiger charge is 2.21. The standard InChI is InChI=1S/C14H19NO3/c1-9-6-5-7-10(2)12(9)8-13(14(17)18-4)15-11(3)16/h5-7,13H,8H2,1-4H3,(H,15,16)/t13-/m0/s1. The molecular weight excluding hydrogens is 230 g/mol. The van der Waals surface area contributed by atoms with E-state index < -0.39 is 12.0 Å². The van der Waals surface area contributed by atoms with Crippen LogP contribution in [0.25, 0.3) is 0 Å². The number of methoxy groups -OCH3 is 1. The molecule has 18 heavy (non-hydrogen) atoms. The van der Waals surface area contributed by atoms with E-state index in [1.54, 1.807) is 0 Å². The number of rotatable bonds is 4. The molecule has 0 saturated heterocycles. The van der Waals surface area contributed by atoms with Gasteiger partial charge in [0.1, 0.15) is 6.04 Å². The van der Waals surface area contributed by atoms with Crippen LogP contribution in [0.4, 0.5) is 0 Å². The average Bonchev–Trinajstić information content (AvgIpc) is 2.31. The number of amides is 1. The summed E-state index contributed by atoms with van der Waals surface area (Å²) in [6.07, 6.45) is 0.449. The van der Waals surface area contributed by atoms with E-state index in [1.165, 1.54) is 14.0 Å². The number of carbonyl (C=O) groups excluding carboxylic acids is 2. The summed E-state index contributed by atoms with van der Waals surface area (Å²) in [7, 11) is 1.32. The first-order valence-electron chi connectivity index (χ1n) is 5.85. The quantitative estimate of drug-likeness (QED) is 0.823. The first-order chi connectivity index (χ1) is 8.45. The van der Waals surface area contributed by atoms with E-state index in [1.807, 2.05) is 32.0 Å². The topological polar surface area (TPSA) is 55.4 Å². The van der Waals surface area contributed by atoms with Gasteiger partial charge in [0.25, 0.3) is 0 Å². The smallest absolute Gasteiger partial charge is 0.328 e. The van der Waals surface area contributed by atoms with Crippen molar-refractivity contribution in [2.24, 2.45) is 0 Å². The van der Waals surface area contributed by atoms with E-state index in [4.69, 9.17) is 4.74 Å². The molecule has 0 saturated carbocycles. The fourth-order valence-corrected chi connectivity index (χ4v) is 1.96. The molecule has 98 valence electrons. The minimum absolute atomic E-state index is 0.239. The van der Waals surface area contributed by atoms with Crippen LogP contribution >= 0.6 is 0 Å².